The van der Waals surface area contributed by atoms with Gasteiger partial charge in [-0.3, -0.25) is 4.90 Å². The largest absolute Gasteiger partial charge is 0.309 e. The zero-order chi connectivity index (χ0) is 11.5. The molecule has 1 saturated heterocycles. The predicted octanol–water partition coefficient (Wildman–Crippen LogP) is 2.43. The normalized spacial score (nSPS) is 25.4. The van der Waals surface area contributed by atoms with Gasteiger partial charge in [0.2, 0.25) is 0 Å². The van der Waals surface area contributed by atoms with E-state index < -0.39 is 0 Å². The van der Waals surface area contributed by atoms with Crippen LogP contribution in [0.4, 0.5) is 4.39 Å². The highest BCUT2D eigenvalue weighted by atomic mass is 35.5. The third-order valence-electron chi connectivity index (χ3n) is 2.98. The van der Waals surface area contributed by atoms with Crippen molar-refractivity contribution in [1.82, 2.24) is 10.2 Å². The molecule has 0 aromatic heterocycles. The molecule has 96 valence electrons. The number of hydrogen-bond acceptors (Lipinski definition) is 2. The van der Waals surface area contributed by atoms with Crippen LogP contribution in [0, 0.1) is 5.82 Å². The summed E-state index contributed by atoms with van der Waals surface area (Å²) in [6.45, 7) is 7.02. The molecule has 1 aliphatic heterocycles. The van der Waals surface area contributed by atoms with Gasteiger partial charge in [-0.15, -0.1) is 12.4 Å². The van der Waals surface area contributed by atoms with Crippen molar-refractivity contribution in [3.8, 4) is 0 Å². The highest BCUT2D eigenvalue weighted by Crippen LogP contribution is 2.12. The summed E-state index contributed by atoms with van der Waals surface area (Å²) < 4.78 is 13.5. The summed E-state index contributed by atoms with van der Waals surface area (Å²) >= 11 is 0. The molecule has 0 bridgehead atoms. The SMILES string of the molecule is CC1CN(Cc2ccccc2F)CC(C)N1.Cl. The predicted molar refractivity (Wildman–Crippen MR) is 71.0 cm³/mol. The minimum absolute atomic E-state index is 0. The van der Waals surface area contributed by atoms with E-state index in [1.54, 1.807) is 6.07 Å². The van der Waals surface area contributed by atoms with Gasteiger partial charge < -0.3 is 5.32 Å². The Morgan fingerprint density at radius 2 is 1.82 bits per heavy atom. The van der Waals surface area contributed by atoms with E-state index in [1.807, 2.05) is 12.1 Å². The summed E-state index contributed by atoms with van der Waals surface area (Å²) in [6.07, 6.45) is 0. The van der Waals surface area contributed by atoms with E-state index >= 15 is 0 Å². The number of rotatable bonds is 2. The fourth-order valence-corrected chi connectivity index (χ4v) is 2.44. The van der Waals surface area contributed by atoms with Crippen molar-refractivity contribution >= 4 is 12.4 Å². The molecule has 2 unspecified atom stereocenters. The molecule has 17 heavy (non-hydrogen) atoms. The van der Waals surface area contributed by atoms with Gasteiger partial charge in [0.05, 0.1) is 0 Å². The molecule has 1 fully saturated rings. The van der Waals surface area contributed by atoms with Gasteiger partial charge in [0, 0.05) is 37.3 Å². The van der Waals surface area contributed by atoms with Gasteiger partial charge in [0.15, 0.2) is 0 Å². The lowest BCUT2D eigenvalue weighted by Gasteiger charge is -2.36. The second-order valence-corrected chi connectivity index (χ2v) is 4.75. The van der Waals surface area contributed by atoms with Crippen molar-refractivity contribution in [3.05, 3.63) is 35.6 Å². The molecule has 1 N–H and O–H groups in total. The first-order valence-corrected chi connectivity index (χ1v) is 5.87. The summed E-state index contributed by atoms with van der Waals surface area (Å²) in [7, 11) is 0. The van der Waals surface area contributed by atoms with Gasteiger partial charge in [-0.25, -0.2) is 4.39 Å². The Balaban J connectivity index is 0.00000144. The van der Waals surface area contributed by atoms with E-state index in [-0.39, 0.29) is 18.2 Å². The molecule has 0 spiro atoms. The number of halogens is 2. The van der Waals surface area contributed by atoms with Crippen LogP contribution in [0.2, 0.25) is 0 Å². The monoisotopic (exact) mass is 258 g/mol. The zero-order valence-corrected chi connectivity index (χ0v) is 11.1. The molecule has 0 aliphatic carbocycles. The molecular formula is C13H20ClFN2. The average molecular weight is 259 g/mol. The second kappa shape index (κ2) is 6.34. The van der Waals surface area contributed by atoms with Crippen LogP contribution < -0.4 is 5.32 Å². The first-order chi connectivity index (χ1) is 7.65. The van der Waals surface area contributed by atoms with Gasteiger partial charge in [-0.1, -0.05) is 18.2 Å². The van der Waals surface area contributed by atoms with E-state index in [1.165, 1.54) is 6.07 Å². The van der Waals surface area contributed by atoms with Crippen molar-refractivity contribution in [2.75, 3.05) is 13.1 Å². The van der Waals surface area contributed by atoms with Crippen molar-refractivity contribution in [3.63, 3.8) is 0 Å². The van der Waals surface area contributed by atoms with E-state index in [0.29, 0.717) is 18.6 Å². The zero-order valence-electron chi connectivity index (χ0n) is 10.3. The minimum atomic E-state index is -0.0960. The lowest BCUT2D eigenvalue weighted by Crippen LogP contribution is -2.53. The molecule has 4 heteroatoms. The van der Waals surface area contributed by atoms with E-state index in [2.05, 4.69) is 24.1 Å². The van der Waals surface area contributed by atoms with Gasteiger partial charge in [-0.2, -0.15) is 0 Å². The first-order valence-electron chi connectivity index (χ1n) is 5.87. The van der Waals surface area contributed by atoms with Gasteiger partial charge in [0.25, 0.3) is 0 Å². The third kappa shape index (κ3) is 3.95. The molecule has 2 rings (SSSR count). The minimum Gasteiger partial charge on any atom is -0.309 e. The van der Waals surface area contributed by atoms with Gasteiger partial charge in [-0.05, 0) is 19.9 Å². The van der Waals surface area contributed by atoms with Crippen LogP contribution in [0.1, 0.15) is 19.4 Å². The molecule has 2 nitrogen and oxygen atoms in total. The van der Waals surface area contributed by atoms with Crippen LogP contribution in [0.3, 0.4) is 0 Å². The van der Waals surface area contributed by atoms with Crippen LogP contribution in [0.5, 0.6) is 0 Å². The molecule has 1 aliphatic rings. The lowest BCUT2D eigenvalue weighted by atomic mass is 10.1. The second-order valence-electron chi connectivity index (χ2n) is 4.75. The fraction of sp³-hybridized carbons (Fsp3) is 0.538. The van der Waals surface area contributed by atoms with Crippen LogP contribution in [-0.2, 0) is 6.54 Å². The summed E-state index contributed by atoms with van der Waals surface area (Å²) in [5, 5.41) is 3.47. The number of hydrogen-bond donors (Lipinski definition) is 1. The maximum Gasteiger partial charge on any atom is 0.127 e. The van der Waals surface area contributed by atoms with Crippen LogP contribution in [0.15, 0.2) is 24.3 Å². The van der Waals surface area contributed by atoms with Crippen LogP contribution >= 0.6 is 12.4 Å². The Hall–Kier alpha value is -0.640. The number of piperazine rings is 1. The summed E-state index contributed by atoms with van der Waals surface area (Å²) in [4.78, 5) is 2.31. The fourth-order valence-electron chi connectivity index (χ4n) is 2.44. The van der Waals surface area contributed by atoms with Gasteiger partial charge in [0.1, 0.15) is 5.82 Å². The Kier molecular flexibility index (Phi) is 5.37. The van der Waals surface area contributed by atoms with Crippen LogP contribution in [0.25, 0.3) is 0 Å². The standard InChI is InChI=1S/C13H19FN2.ClH/c1-10-7-16(8-11(2)15-10)9-12-5-3-4-6-13(12)14;/h3-6,10-11,15H,7-9H2,1-2H3;1H. The molecule has 2 atom stereocenters. The number of nitrogens with zero attached hydrogens (tertiary/aromatic N) is 1. The first kappa shape index (κ1) is 14.4. The third-order valence-corrected chi connectivity index (χ3v) is 2.98. The Morgan fingerprint density at radius 3 is 2.41 bits per heavy atom. The molecule has 1 aromatic rings. The summed E-state index contributed by atoms with van der Waals surface area (Å²) in [6, 6.07) is 8.00. The summed E-state index contributed by atoms with van der Waals surface area (Å²) in [5.41, 5.74) is 0.795. The van der Waals surface area contributed by atoms with Crippen molar-refractivity contribution in [1.29, 1.82) is 0 Å². The van der Waals surface area contributed by atoms with E-state index in [0.717, 1.165) is 18.7 Å². The molecule has 0 saturated carbocycles. The highest BCUT2D eigenvalue weighted by Gasteiger charge is 2.21. The highest BCUT2D eigenvalue weighted by molar-refractivity contribution is 5.85. The maximum atomic E-state index is 13.5. The van der Waals surface area contributed by atoms with E-state index in [9.17, 15) is 4.39 Å². The molecule has 0 amide bonds. The number of benzene rings is 1. The quantitative estimate of drug-likeness (QED) is 0.877. The summed E-state index contributed by atoms with van der Waals surface area (Å²) in [5.74, 6) is -0.0960. The smallest absolute Gasteiger partial charge is 0.127 e. The van der Waals surface area contributed by atoms with Crippen molar-refractivity contribution in [2.45, 2.75) is 32.5 Å². The van der Waals surface area contributed by atoms with Crippen molar-refractivity contribution < 1.29 is 4.39 Å². The molecule has 0 radical (unpaired) electrons. The Morgan fingerprint density at radius 1 is 1.24 bits per heavy atom. The van der Waals surface area contributed by atoms with Gasteiger partial charge >= 0.3 is 0 Å². The molecular weight excluding hydrogens is 239 g/mol. The Labute approximate surface area is 109 Å². The topological polar surface area (TPSA) is 15.3 Å². The number of nitrogens with one attached hydrogen (secondary N) is 1. The molecule has 1 aromatic carbocycles. The average Bonchev–Trinajstić information content (AvgIpc) is 2.20. The maximum absolute atomic E-state index is 13.5. The van der Waals surface area contributed by atoms with Crippen LogP contribution in [-0.4, -0.2) is 30.1 Å². The molecule has 1 heterocycles. The lowest BCUT2D eigenvalue weighted by molar-refractivity contribution is 0.165. The Bertz CT molecular complexity index is 349. The van der Waals surface area contributed by atoms with E-state index in [4.69, 9.17) is 0 Å². The van der Waals surface area contributed by atoms with Crippen molar-refractivity contribution in [2.24, 2.45) is 0 Å².